The van der Waals surface area contributed by atoms with Crippen LogP contribution in [0.3, 0.4) is 0 Å². The van der Waals surface area contributed by atoms with Crippen molar-refractivity contribution in [1.29, 1.82) is 0 Å². The van der Waals surface area contributed by atoms with Crippen LogP contribution in [0.4, 0.5) is 0 Å². The molecule has 1 radical (unpaired) electrons. The molecule has 0 aliphatic heterocycles. The molecule has 0 rings (SSSR count). The molecule has 0 aliphatic carbocycles. The fraction of sp³-hybridized carbons (Fsp3) is 0.947. The van der Waals surface area contributed by atoms with Gasteiger partial charge >= 0.3 is 0 Å². The molecule has 0 heteroatoms. The number of rotatable bonds is 13. The Bertz CT molecular complexity index is 163. The lowest BCUT2D eigenvalue weighted by atomic mass is 9.89. The first-order chi connectivity index (χ1) is 9.06. The van der Waals surface area contributed by atoms with Crippen molar-refractivity contribution >= 4 is 0 Å². The molecule has 0 bridgehead atoms. The second-order valence-electron chi connectivity index (χ2n) is 7.41. The monoisotopic (exact) mass is 267 g/mol. The number of unbranched alkanes of at least 4 members (excludes halogenated alkanes) is 12. The first kappa shape index (κ1) is 19.0. The van der Waals surface area contributed by atoms with E-state index in [9.17, 15) is 0 Å². The van der Waals surface area contributed by atoms with Gasteiger partial charge in [-0.05, 0) is 11.8 Å². The maximum Gasteiger partial charge on any atom is -0.0383 e. The summed E-state index contributed by atoms with van der Waals surface area (Å²) >= 11 is 0. The minimum atomic E-state index is 0.536. The van der Waals surface area contributed by atoms with E-state index >= 15 is 0 Å². The Balaban J connectivity index is 2.99. The third-order valence-electron chi connectivity index (χ3n) is 3.93. The molecule has 0 nitrogen and oxygen atoms in total. The molecule has 0 atom stereocenters. The maximum atomic E-state index is 3.89. The zero-order valence-corrected chi connectivity index (χ0v) is 14.1. The summed E-state index contributed by atoms with van der Waals surface area (Å²) in [6, 6.07) is 0. The van der Waals surface area contributed by atoms with Gasteiger partial charge < -0.3 is 0 Å². The average Bonchev–Trinajstić information content (AvgIpc) is 2.34. The van der Waals surface area contributed by atoms with E-state index in [0.717, 1.165) is 6.42 Å². The second-order valence-corrected chi connectivity index (χ2v) is 7.41. The van der Waals surface area contributed by atoms with Gasteiger partial charge in [0.05, 0.1) is 0 Å². The van der Waals surface area contributed by atoms with E-state index in [1.807, 2.05) is 0 Å². The van der Waals surface area contributed by atoms with Gasteiger partial charge in [-0.15, -0.1) is 0 Å². The molecule has 0 saturated carbocycles. The minimum absolute atomic E-state index is 0.536. The van der Waals surface area contributed by atoms with E-state index in [-0.39, 0.29) is 0 Å². The summed E-state index contributed by atoms with van der Waals surface area (Å²) in [4.78, 5) is 0. The van der Waals surface area contributed by atoms with Crippen LogP contribution in [0, 0.1) is 12.3 Å². The molecule has 0 heterocycles. The van der Waals surface area contributed by atoms with Crippen molar-refractivity contribution in [2.45, 2.75) is 111 Å². The Morgan fingerprint density at radius 1 is 0.526 bits per heavy atom. The van der Waals surface area contributed by atoms with Crippen molar-refractivity contribution in [2.24, 2.45) is 5.41 Å². The van der Waals surface area contributed by atoms with Crippen LogP contribution in [0.15, 0.2) is 0 Å². The van der Waals surface area contributed by atoms with Crippen molar-refractivity contribution in [3.8, 4) is 0 Å². The highest BCUT2D eigenvalue weighted by atomic mass is 14.1. The third kappa shape index (κ3) is 18.0. The normalized spacial score (nSPS) is 12.0. The fourth-order valence-corrected chi connectivity index (χ4v) is 2.60. The summed E-state index contributed by atoms with van der Waals surface area (Å²) in [5.74, 6) is 0. The molecule has 0 aromatic rings. The Morgan fingerprint density at radius 3 is 1.16 bits per heavy atom. The largest absolute Gasteiger partial charge is 0.0602 e. The van der Waals surface area contributed by atoms with Gasteiger partial charge in [0.1, 0.15) is 0 Å². The molecule has 0 unspecified atom stereocenters. The topological polar surface area (TPSA) is 0 Å². The van der Waals surface area contributed by atoms with Gasteiger partial charge in [-0.1, -0.05) is 111 Å². The van der Waals surface area contributed by atoms with Crippen molar-refractivity contribution in [1.82, 2.24) is 0 Å². The summed E-state index contributed by atoms with van der Waals surface area (Å²) in [7, 11) is 0. The zero-order chi connectivity index (χ0) is 14.4. The molecule has 115 valence electrons. The molecule has 0 N–H and O–H groups in total. The molecule has 0 aliphatic rings. The number of hydrogen-bond donors (Lipinski definition) is 0. The van der Waals surface area contributed by atoms with Crippen molar-refractivity contribution < 1.29 is 0 Å². The highest BCUT2D eigenvalue weighted by molar-refractivity contribution is 4.61. The van der Waals surface area contributed by atoms with Gasteiger partial charge in [-0.25, -0.2) is 0 Å². The van der Waals surface area contributed by atoms with Crippen LogP contribution in [-0.4, -0.2) is 0 Å². The second kappa shape index (κ2) is 13.0. The first-order valence-electron chi connectivity index (χ1n) is 8.85. The summed E-state index contributed by atoms with van der Waals surface area (Å²) in [6.07, 6.45) is 19.8. The van der Waals surface area contributed by atoms with Crippen LogP contribution in [0.2, 0.25) is 0 Å². The average molecular weight is 268 g/mol. The summed E-state index contributed by atoms with van der Waals surface area (Å²) in [6.45, 7) is 10.9. The van der Waals surface area contributed by atoms with Crippen LogP contribution in [0.5, 0.6) is 0 Å². The lowest BCUT2D eigenvalue weighted by molar-refractivity contribution is 0.356. The van der Waals surface area contributed by atoms with Gasteiger partial charge in [-0.3, -0.25) is 0 Å². The molecule has 0 spiro atoms. The molecule has 0 saturated heterocycles. The molecule has 0 aromatic carbocycles. The lowest BCUT2D eigenvalue weighted by Gasteiger charge is -2.17. The predicted molar refractivity (Wildman–Crippen MR) is 89.5 cm³/mol. The fourth-order valence-electron chi connectivity index (χ4n) is 2.60. The predicted octanol–water partition coefficient (Wildman–Crippen LogP) is 7.33. The molecule has 19 heavy (non-hydrogen) atoms. The molecule has 0 amide bonds. The first-order valence-corrected chi connectivity index (χ1v) is 8.85. The Hall–Kier alpha value is 0. The molecular weight excluding hydrogens is 228 g/mol. The minimum Gasteiger partial charge on any atom is -0.0602 e. The summed E-state index contributed by atoms with van der Waals surface area (Å²) in [5.41, 5.74) is 0.536. The Morgan fingerprint density at radius 2 is 0.842 bits per heavy atom. The Labute approximate surface area is 123 Å². The molecule has 0 fully saturated rings. The standard InChI is InChI=1S/C19H39/c1-5-6-7-8-9-10-11-12-13-14-15-16-17-18-19(2,3)4/h1,5-18H2,2-4H3. The van der Waals surface area contributed by atoms with Crippen molar-refractivity contribution in [2.75, 3.05) is 0 Å². The van der Waals surface area contributed by atoms with Gasteiger partial charge in [0.25, 0.3) is 0 Å². The van der Waals surface area contributed by atoms with Gasteiger partial charge in [0, 0.05) is 0 Å². The molecule has 0 aromatic heterocycles. The van der Waals surface area contributed by atoms with E-state index in [4.69, 9.17) is 0 Å². The smallest absolute Gasteiger partial charge is 0.0383 e. The van der Waals surface area contributed by atoms with E-state index < -0.39 is 0 Å². The van der Waals surface area contributed by atoms with Crippen LogP contribution in [0.1, 0.15) is 111 Å². The van der Waals surface area contributed by atoms with Gasteiger partial charge in [-0.2, -0.15) is 0 Å². The van der Waals surface area contributed by atoms with Crippen LogP contribution in [0.25, 0.3) is 0 Å². The Kier molecular flexibility index (Phi) is 13.0. The van der Waals surface area contributed by atoms with Gasteiger partial charge in [0.2, 0.25) is 0 Å². The highest BCUT2D eigenvalue weighted by Gasteiger charge is 2.08. The quantitative estimate of drug-likeness (QED) is 0.306. The summed E-state index contributed by atoms with van der Waals surface area (Å²) < 4.78 is 0. The van der Waals surface area contributed by atoms with E-state index in [2.05, 4.69) is 27.7 Å². The van der Waals surface area contributed by atoms with Crippen LogP contribution in [-0.2, 0) is 0 Å². The lowest BCUT2D eigenvalue weighted by Crippen LogP contribution is -2.03. The third-order valence-corrected chi connectivity index (χ3v) is 3.93. The zero-order valence-electron chi connectivity index (χ0n) is 14.1. The van der Waals surface area contributed by atoms with Crippen LogP contribution >= 0.6 is 0 Å². The maximum absolute atomic E-state index is 3.89. The number of hydrogen-bond acceptors (Lipinski definition) is 0. The van der Waals surface area contributed by atoms with Crippen molar-refractivity contribution in [3.63, 3.8) is 0 Å². The summed E-state index contributed by atoms with van der Waals surface area (Å²) in [5, 5.41) is 0. The van der Waals surface area contributed by atoms with E-state index in [1.54, 1.807) is 0 Å². The van der Waals surface area contributed by atoms with Crippen LogP contribution < -0.4 is 0 Å². The molecular formula is C19H39. The van der Waals surface area contributed by atoms with E-state index in [0.29, 0.717) is 5.41 Å². The highest BCUT2D eigenvalue weighted by Crippen LogP contribution is 2.22. The van der Waals surface area contributed by atoms with E-state index in [1.165, 1.54) is 83.5 Å². The van der Waals surface area contributed by atoms with Crippen molar-refractivity contribution in [3.05, 3.63) is 6.92 Å². The SMILES string of the molecule is [CH2]CCCCCCCCCCCCCCC(C)(C)C. The van der Waals surface area contributed by atoms with Gasteiger partial charge in [0.15, 0.2) is 0 Å².